The van der Waals surface area contributed by atoms with Gasteiger partial charge >= 0.3 is 0 Å². The lowest BCUT2D eigenvalue weighted by molar-refractivity contribution is 0.669. The molecule has 0 saturated heterocycles. The van der Waals surface area contributed by atoms with Crippen molar-refractivity contribution in [3.8, 4) is 78.7 Å². The van der Waals surface area contributed by atoms with Gasteiger partial charge in [-0.3, -0.25) is 0 Å². The summed E-state index contributed by atoms with van der Waals surface area (Å²) in [6.07, 6.45) is 0. The Hall–Kier alpha value is -7.43. The van der Waals surface area contributed by atoms with Crippen LogP contribution < -0.4 is 0 Å². The average molecular weight is 710 g/mol. The second kappa shape index (κ2) is 13.8. The lowest BCUT2D eigenvalue weighted by atomic mass is 9.99. The van der Waals surface area contributed by atoms with E-state index in [1.165, 1.54) is 0 Å². The third kappa shape index (κ3) is 6.36. The van der Waals surface area contributed by atoms with Crippen LogP contribution in [0.25, 0.3) is 101 Å². The SMILES string of the molecule is [2H]c1c(-c2ccc(-c3ccccc3)cc2)c([2H])c2c(oc3c([2H])c(-c4nc(-c5ccc(-c6ccccc6)cc5)nc(-c5ccc(-c6ccccc6)cc5)n4)c([2H])c([2H])c32)c1[2H]. The lowest BCUT2D eigenvalue weighted by Gasteiger charge is -2.10. The van der Waals surface area contributed by atoms with E-state index in [1.807, 2.05) is 164 Å². The van der Waals surface area contributed by atoms with Gasteiger partial charge in [-0.05, 0) is 68.7 Å². The number of furan rings is 1. The Labute approximate surface area is 327 Å². The molecule has 0 spiro atoms. The fourth-order valence-corrected chi connectivity index (χ4v) is 6.74. The molecule has 0 bridgehead atoms. The van der Waals surface area contributed by atoms with Crippen molar-refractivity contribution in [2.24, 2.45) is 0 Å². The fourth-order valence-electron chi connectivity index (χ4n) is 6.74. The van der Waals surface area contributed by atoms with E-state index >= 15 is 0 Å². The van der Waals surface area contributed by atoms with Crippen molar-refractivity contribution in [2.45, 2.75) is 0 Å². The Morgan fingerprint density at radius 3 is 1.11 bits per heavy atom. The van der Waals surface area contributed by atoms with Gasteiger partial charge in [0, 0.05) is 27.5 Å². The fraction of sp³-hybridized carbons (Fsp3) is 0. The van der Waals surface area contributed by atoms with Crippen molar-refractivity contribution in [1.29, 1.82) is 0 Å². The van der Waals surface area contributed by atoms with Crippen LogP contribution in [-0.4, -0.2) is 15.0 Å². The molecule has 10 aromatic rings. The Kier molecular flexibility index (Phi) is 6.63. The van der Waals surface area contributed by atoms with Gasteiger partial charge in [-0.15, -0.1) is 0 Å². The summed E-state index contributed by atoms with van der Waals surface area (Å²) in [5.41, 5.74) is 8.00. The van der Waals surface area contributed by atoms with E-state index in [1.54, 1.807) is 0 Å². The van der Waals surface area contributed by atoms with Crippen LogP contribution in [0.2, 0.25) is 0 Å². The van der Waals surface area contributed by atoms with Gasteiger partial charge in [0.05, 0.1) is 8.22 Å². The number of hydrogen-bond donors (Lipinski definition) is 0. The molecule has 10 rings (SSSR count). The summed E-state index contributed by atoms with van der Waals surface area (Å²) in [5, 5.41) is 0.155. The molecule has 55 heavy (non-hydrogen) atoms. The minimum atomic E-state index is -0.336. The molecule has 258 valence electrons. The van der Waals surface area contributed by atoms with E-state index in [4.69, 9.17) is 22.1 Å². The highest BCUT2D eigenvalue weighted by molar-refractivity contribution is 6.07. The molecule has 0 aliphatic heterocycles. The summed E-state index contributed by atoms with van der Waals surface area (Å²) in [6.45, 7) is 0. The normalized spacial score (nSPS) is 12.8. The Bertz CT molecular complexity index is 3170. The highest BCUT2D eigenvalue weighted by atomic mass is 16.3. The van der Waals surface area contributed by atoms with Crippen molar-refractivity contribution < 1.29 is 12.6 Å². The third-order valence-electron chi connectivity index (χ3n) is 9.65. The van der Waals surface area contributed by atoms with Crippen LogP contribution in [0.5, 0.6) is 0 Å². The molecule has 4 heteroatoms. The summed E-state index contributed by atoms with van der Waals surface area (Å²) in [6, 6.07) is 51.4. The van der Waals surface area contributed by atoms with Crippen molar-refractivity contribution in [3.63, 3.8) is 0 Å². The van der Waals surface area contributed by atoms with E-state index < -0.39 is 0 Å². The van der Waals surface area contributed by atoms with Crippen molar-refractivity contribution in [2.75, 3.05) is 0 Å². The van der Waals surface area contributed by atoms with Gasteiger partial charge < -0.3 is 4.42 Å². The first kappa shape index (κ1) is 26.4. The van der Waals surface area contributed by atoms with Crippen LogP contribution in [0, 0.1) is 0 Å². The standard InChI is InChI=1S/C51H33N3O/c1-4-10-34(11-5-1)37-16-18-40(19-17-37)43-29-31-47-46(32-43)45-30-28-44(33-48(45)55-47)51-53-49(41-24-20-38(21-25-41)35-12-6-2-7-13-35)52-50(54-51)42-26-22-39(23-27-42)36-14-8-3-9-15-36/h1-33H/i28D,29D,30D,31D,32D,33D. The molecule has 0 unspecified atom stereocenters. The molecule has 4 nitrogen and oxygen atoms in total. The lowest BCUT2D eigenvalue weighted by Crippen LogP contribution is -2.00. The maximum absolute atomic E-state index is 9.49. The first-order chi connectivity index (χ1) is 29.7. The van der Waals surface area contributed by atoms with Crippen LogP contribution in [0.15, 0.2) is 204 Å². The van der Waals surface area contributed by atoms with E-state index in [-0.39, 0.29) is 75.1 Å². The number of nitrogens with zero attached hydrogens (tertiary/aromatic N) is 3. The second-order valence-corrected chi connectivity index (χ2v) is 13.1. The van der Waals surface area contributed by atoms with Crippen LogP contribution in [0.4, 0.5) is 0 Å². The van der Waals surface area contributed by atoms with Crippen LogP contribution in [0.1, 0.15) is 8.22 Å². The maximum Gasteiger partial charge on any atom is 0.164 e. The Morgan fingerprint density at radius 2 is 0.655 bits per heavy atom. The maximum atomic E-state index is 9.49. The Morgan fingerprint density at radius 1 is 0.291 bits per heavy atom. The smallest absolute Gasteiger partial charge is 0.164 e. The first-order valence-corrected chi connectivity index (χ1v) is 17.9. The summed E-state index contributed by atoms with van der Waals surface area (Å²) in [4.78, 5) is 14.6. The molecule has 0 N–H and O–H groups in total. The third-order valence-corrected chi connectivity index (χ3v) is 9.65. The first-order valence-electron chi connectivity index (χ1n) is 20.9. The molecule has 0 fully saturated rings. The quantitative estimate of drug-likeness (QED) is 0.165. The highest BCUT2D eigenvalue weighted by Crippen LogP contribution is 2.36. The van der Waals surface area contributed by atoms with Crippen molar-refractivity contribution in [1.82, 2.24) is 15.0 Å². The zero-order valence-corrected chi connectivity index (χ0v) is 29.3. The van der Waals surface area contributed by atoms with E-state index in [0.717, 1.165) is 33.4 Å². The highest BCUT2D eigenvalue weighted by Gasteiger charge is 2.16. The molecule has 0 aliphatic carbocycles. The van der Waals surface area contributed by atoms with Gasteiger partial charge in [-0.1, -0.05) is 176 Å². The topological polar surface area (TPSA) is 51.8 Å². The summed E-state index contributed by atoms with van der Waals surface area (Å²) in [5.74, 6) is 0.624. The Balaban J connectivity index is 1.13. The minimum Gasteiger partial charge on any atom is -0.456 e. The predicted molar refractivity (Wildman–Crippen MR) is 225 cm³/mol. The van der Waals surface area contributed by atoms with E-state index in [9.17, 15) is 5.48 Å². The van der Waals surface area contributed by atoms with Crippen LogP contribution in [0.3, 0.4) is 0 Å². The second-order valence-electron chi connectivity index (χ2n) is 13.1. The molecule has 0 radical (unpaired) electrons. The van der Waals surface area contributed by atoms with Gasteiger partial charge in [0.25, 0.3) is 0 Å². The molecular formula is C51H33N3O. The van der Waals surface area contributed by atoms with Crippen molar-refractivity contribution in [3.05, 3.63) is 200 Å². The minimum absolute atomic E-state index is 0.00250. The van der Waals surface area contributed by atoms with Crippen LogP contribution >= 0.6 is 0 Å². The predicted octanol–water partition coefficient (Wildman–Crippen LogP) is 13.4. The molecular weight excluding hydrogens is 671 g/mol. The molecule has 0 aliphatic rings. The zero-order valence-electron chi connectivity index (χ0n) is 35.3. The number of hydrogen-bond acceptors (Lipinski definition) is 4. The number of rotatable bonds is 7. The average Bonchev–Trinajstić information content (AvgIpc) is 3.73. The molecule has 2 heterocycles. The molecule has 0 atom stereocenters. The molecule has 2 aromatic heterocycles. The van der Waals surface area contributed by atoms with E-state index in [2.05, 4.69) is 0 Å². The van der Waals surface area contributed by atoms with Gasteiger partial charge in [0.2, 0.25) is 0 Å². The van der Waals surface area contributed by atoms with Gasteiger partial charge in [0.1, 0.15) is 11.2 Å². The number of benzene rings is 8. The number of fused-ring (bicyclic) bond motifs is 3. The largest absolute Gasteiger partial charge is 0.456 e. The van der Waals surface area contributed by atoms with Crippen LogP contribution in [-0.2, 0) is 0 Å². The van der Waals surface area contributed by atoms with E-state index in [0.29, 0.717) is 28.3 Å². The van der Waals surface area contributed by atoms with Gasteiger partial charge in [-0.25, -0.2) is 15.0 Å². The zero-order chi connectivity index (χ0) is 41.8. The summed E-state index contributed by atoms with van der Waals surface area (Å²) in [7, 11) is 0. The molecule has 8 aromatic carbocycles. The summed E-state index contributed by atoms with van der Waals surface area (Å²) >= 11 is 0. The summed E-state index contributed by atoms with van der Waals surface area (Å²) < 4.78 is 61.8. The van der Waals surface area contributed by atoms with Gasteiger partial charge in [-0.2, -0.15) is 0 Å². The van der Waals surface area contributed by atoms with Gasteiger partial charge in [0.15, 0.2) is 17.5 Å². The number of aromatic nitrogens is 3. The molecule has 0 amide bonds. The molecule has 0 saturated carbocycles. The monoisotopic (exact) mass is 709 g/mol. The van der Waals surface area contributed by atoms with Crippen molar-refractivity contribution >= 4 is 21.9 Å².